The first-order valence-corrected chi connectivity index (χ1v) is 7.67. The number of nitro groups is 1. The van der Waals surface area contributed by atoms with Crippen molar-refractivity contribution in [1.82, 2.24) is 0 Å². The molecule has 0 aliphatic heterocycles. The highest BCUT2D eigenvalue weighted by atomic mass is 19.3. The number of alkyl halides is 2. The van der Waals surface area contributed by atoms with E-state index in [0.29, 0.717) is 11.3 Å². The Morgan fingerprint density at radius 2 is 1.96 bits per heavy atom. The normalized spacial score (nSPS) is 10.9. The number of benzene rings is 2. The zero-order valence-corrected chi connectivity index (χ0v) is 14.4. The fraction of sp³-hybridized carbons (Fsp3) is 0.167. The van der Waals surface area contributed by atoms with E-state index in [2.05, 4.69) is 10.1 Å². The fourth-order valence-corrected chi connectivity index (χ4v) is 2.30. The van der Waals surface area contributed by atoms with Gasteiger partial charge in [0.05, 0.1) is 12.0 Å². The molecule has 142 valence electrons. The fourth-order valence-electron chi connectivity index (χ4n) is 2.30. The molecule has 0 amide bonds. The summed E-state index contributed by atoms with van der Waals surface area (Å²) in [6, 6.07) is 8.27. The molecule has 2 rings (SSSR count). The van der Waals surface area contributed by atoms with Crippen LogP contribution in [0.15, 0.2) is 42.5 Å². The first kappa shape index (κ1) is 19.8. The van der Waals surface area contributed by atoms with Crippen LogP contribution in [0.25, 0.3) is 6.08 Å². The maximum Gasteiger partial charge on any atom is 0.387 e. The molecule has 0 atom stereocenters. The molecule has 9 heteroatoms. The number of hydrogen-bond acceptors (Lipinski definition) is 6. The number of hydrogen-bond donors (Lipinski definition) is 1. The molecule has 2 aromatic carbocycles. The number of rotatable bonds is 8. The maximum atomic E-state index is 12.3. The lowest BCUT2D eigenvalue weighted by atomic mass is 10.1. The summed E-state index contributed by atoms with van der Waals surface area (Å²) in [7, 11) is 2.83. The second-order valence-corrected chi connectivity index (χ2v) is 5.23. The van der Waals surface area contributed by atoms with Gasteiger partial charge in [0.1, 0.15) is 5.69 Å². The van der Waals surface area contributed by atoms with Crippen molar-refractivity contribution in [3.05, 3.63) is 63.7 Å². The highest BCUT2D eigenvalue weighted by Crippen LogP contribution is 2.30. The number of halogens is 2. The van der Waals surface area contributed by atoms with Crippen molar-refractivity contribution < 1.29 is 28.0 Å². The van der Waals surface area contributed by atoms with Crippen LogP contribution in [0.4, 0.5) is 20.2 Å². The van der Waals surface area contributed by atoms with Crippen LogP contribution in [-0.4, -0.2) is 31.5 Å². The second-order valence-electron chi connectivity index (χ2n) is 5.23. The van der Waals surface area contributed by atoms with E-state index < -0.39 is 17.3 Å². The van der Waals surface area contributed by atoms with Crippen molar-refractivity contribution >= 4 is 23.2 Å². The number of nitrogens with one attached hydrogen (secondary N) is 1. The Labute approximate surface area is 153 Å². The van der Waals surface area contributed by atoms with Gasteiger partial charge in [-0.05, 0) is 35.9 Å². The molecular weight excluding hydrogens is 362 g/mol. The average Bonchev–Trinajstić information content (AvgIpc) is 2.65. The number of ketones is 1. The lowest BCUT2D eigenvalue weighted by Gasteiger charge is -2.10. The average molecular weight is 378 g/mol. The third-order valence-corrected chi connectivity index (χ3v) is 3.58. The van der Waals surface area contributed by atoms with Gasteiger partial charge in [-0.2, -0.15) is 8.78 Å². The summed E-state index contributed by atoms with van der Waals surface area (Å²) >= 11 is 0. The molecule has 0 bridgehead atoms. The Morgan fingerprint density at radius 1 is 1.22 bits per heavy atom. The highest BCUT2D eigenvalue weighted by Gasteiger charge is 2.14. The third-order valence-electron chi connectivity index (χ3n) is 3.58. The van der Waals surface area contributed by atoms with Gasteiger partial charge in [-0.3, -0.25) is 14.9 Å². The maximum absolute atomic E-state index is 12.3. The van der Waals surface area contributed by atoms with Gasteiger partial charge in [-0.15, -0.1) is 0 Å². The third kappa shape index (κ3) is 5.00. The van der Waals surface area contributed by atoms with E-state index in [0.717, 1.165) is 0 Å². The summed E-state index contributed by atoms with van der Waals surface area (Å²) in [5, 5.41) is 13.8. The Kier molecular flexibility index (Phi) is 6.42. The van der Waals surface area contributed by atoms with Crippen LogP contribution in [-0.2, 0) is 0 Å². The minimum atomic E-state index is -3.02. The molecule has 0 unspecified atom stereocenters. The predicted molar refractivity (Wildman–Crippen MR) is 95.6 cm³/mol. The van der Waals surface area contributed by atoms with Crippen LogP contribution in [0.2, 0.25) is 0 Å². The molecule has 0 fully saturated rings. The van der Waals surface area contributed by atoms with E-state index in [4.69, 9.17) is 4.74 Å². The molecule has 0 radical (unpaired) electrons. The summed E-state index contributed by atoms with van der Waals surface area (Å²) in [5.41, 5.74) is 0.870. The molecule has 0 saturated carbocycles. The van der Waals surface area contributed by atoms with E-state index in [1.807, 2.05) is 0 Å². The van der Waals surface area contributed by atoms with Gasteiger partial charge >= 0.3 is 6.61 Å². The molecular formula is C18H16F2N2O5. The van der Waals surface area contributed by atoms with Crippen molar-refractivity contribution in [3.63, 3.8) is 0 Å². The first-order chi connectivity index (χ1) is 12.8. The van der Waals surface area contributed by atoms with Gasteiger partial charge < -0.3 is 14.8 Å². The molecule has 0 saturated heterocycles. The van der Waals surface area contributed by atoms with Crippen LogP contribution in [0, 0.1) is 10.1 Å². The minimum Gasteiger partial charge on any atom is -0.493 e. The van der Waals surface area contributed by atoms with Crippen molar-refractivity contribution in [2.45, 2.75) is 6.61 Å². The number of nitrogens with zero attached hydrogens (tertiary/aromatic N) is 1. The SMILES string of the molecule is CNc1ccc(/C=C/C(=O)c2ccc(OC(F)F)c(OC)c2)cc1[N+](=O)[O-]. The van der Waals surface area contributed by atoms with Crippen LogP contribution >= 0.6 is 0 Å². The van der Waals surface area contributed by atoms with Crippen molar-refractivity contribution in [2.24, 2.45) is 0 Å². The second kappa shape index (κ2) is 8.75. The van der Waals surface area contributed by atoms with Crippen LogP contribution < -0.4 is 14.8 Å². The largest absolute Gasteiger partial charge is 0.493 e. The molecule has 2 aromatic rings. The quantitative estimate of drug-likeness (QED) is 0.321. The molecule has 1 N–H and O–H groups in total. The molecule has 0 heterocycles. The summed E-state index contributed by atoms with van der Waals surface area (Å²) in [4.78, 5) is 22.8. The Balaban J connectivity index is 2.24. The van der Waals surface area contributed by atoms with E-state index in [1.54, 1.807) is 13.1 Å². The number of anilines is 1. The van der Waals surface area contributed by atoms with Gasteiger partial charge in [0.25, 0.3) is 5.69 Å². The monoisotopic (exact) mass is 378 g/mol. The topological polar surface area (TPSA) is 90.7 Å². The minimum absolute atomic E-state index is 0.0106. The smallest absolute Gasteiger partial charge is 0.387 e. The highest BCUT2D eigenvalue weighted by molar-refractivity contribution is 6.07. The van der Waals surface area contributed by atoms with Gasteiger partial charge in [0.15, 0.2) is 17.3 Å². The lowest BCUT2D eigenvalue weighted by molar-refractivity contribution is -0.384. The molecule has 27 heavy (non-hydrogen) atoms. The number of allylic oxidation sites excluding steroid dienone is 1. The Bertz CT molecular complexity index is 884. The van der Waals surface area contributed by atoms with Gasteiger partial charge in [-0.25, -0.2) is 0 Å². The number of carbonyl (C=O) groups is 1. The summed E-state index contributed by atoms with van der Waals surface area (Å²) in [6.07, 6.45) is 2.64. The van der Waals surface area contributed by atoms with E-state index >= 15 is 0 Å². The van der Waals surface area contributed by atoms with E-state index in [9.17, 15) is 23.7 Å². The molecule has 0 aliphatic rings. The molecule has 0 aromatic heterocycles. The Morgan fingerprint density at radius 3 is 2.56 bits per heavy atom. The first-order valence-electron chi connectivity index (χ1n) is 7.67. The van der Waals surface area contributed by atoms with Gasteiger partial charge in [0, 0.05) is 18.7 Å². The van der Waals surface area contributed by atoms with Crippen molar-refractivity contribution in [1.29, 1.82) is 0 Å². The molecule has 7 nitrogen and oxygen atoms in total. The standard InChI is InChI=1S/C18H16F2N2O5/c1-21-13-6-3-11(9-14(13)22(24)25)4-7-15(23)12-5-8-16(27-18(19)20)17(10-12)26-2/h3-10,18,21H,1-2H3/b7-4+. The number of methoxy groups -OCH3 is 1. The number of carbonyl (C=O) groups excluding carboxylic acids is 1. The molecule has 0 spiro atoms. The number of ether oxygens (including phenoxy) is 2. The van der Waals surface area contributed by atoms with Crippen molar-refractivity contribution in [2.75, 3.05) is 19.5 Å². The van der Waals surface area contributed by atoms with Gasteiger partial charge in [-0.1, -0.05) is 12.1 Å². The summed E-state index contributed by atoms with van der Waals surface area (Å²) in [5.74, 6) is -0.632. The zero-order chi connectivity index (χ0) is 20.0. The van der Waals surface area contributed by atoms with Crippen molar-refractivity contribution in [3.8, 4) is 11.5 Å². The predicted octanol–water partition coefficient (Wildman–Crippen LogP) is 4.14. The van der Waals surface area contributed by atoms with E-state index in [1.165, 1.54) is 49.6 Å². The molecule has 0 aliphatic carbocycles. The zero-order valence-electron chi connectivity index (χ0n) is 14.4. The lowest BCUT2D eigenvalue weighted by Crippen LogP contribution is -2.04. The van der Waals surface area contributed by atoms with Crippen LogP contribution in [0.1, 0.15) is 15.9 Å². The number of nitro benzene ring substituents is 1. The van der Waals surface area contributed by atoms with Gasteiger partial charge in [0.2, 0.25) is 0 Å². The Hall–Kier alpha value is -3.49. The van der Waals surface area contributed by atoms with Crippen LogP contribution in [0.3, 0.4) is 0 Å². The van der Waals surface area contributed by atoms with E-state index in [-0.39, 0.29) is 22.7 Å². The van der Waals surface area contributed by atoms with Crippen LogP contribution in [0.5, 0.6) is 11.5 Å². The summed E-state index contributed by atoms with van der Waals surface area (Å²) < 4.78 is 33.9. The summed E-state index contributed by atoms with van der Waals surface area (Å²) in [6.45, 7) is -3.02.